The van der Waals surface area contributed by atoms with Crippen LogP contribution in [0.2, 0.25) is 0 Å². The molecule has 1 aromatic carbocycles. The predicted molar refractivity (Wildman–Crippen MR) is 86.3 cm³/mol. The molecule has 0 spiro atoms. The normalized spacial score (nSPS) is 11.9. The predicted octanol–water partition coefficient (Wildman–Crippen LogP) is 2.61. The largest absolute Gasteiger partial charge is 0.374 e. The third kappa shape index (κ3) is 6.79. The van der Waals surface area contributed by atoms with Gasteiger partial charge in [-0.15, -0.1) is 0 Å². The minimum absolute atomic E-state index is 0.0124. The first-order valence-corrected chi connectivity index (χ1v) is 7.30. The van der Waals surface area contributed by atoms with Gasteiger partial charge in [-0.3, -0.25) is 9.59 Å². The molecule has 0 radical (unpaired) electrons. The van der Waals surface area contributed by atoms with E-state index in [1.54, 1.807) is 12.1 Å². The number of rotatable bonds is 7. The SMILES string of the molecule is CC(=O)Nc1ccc(NC(C)C(=O)NCCC(C)C)cc1. The molecule has 5 nitrogen and oxygen atoms in total. The van der Waals surface area contributed by atoms with Crippen LogP contribution in [0.3, 0.4) is 0 Å². The lowest BCUT2D eigenvalue weighted by Gasteiger charge is -2.16. The van der Waals surface area contributed by atoms with E-state index in [0.29, 0.717) is 12.5 Å². The molecular weight excluding hydrogens is 266 g/mol. The standard InChI is InChI=1S/C16H25N3O2/c1-11(2)9-10-17-16(21)12(3)18-14-5-7-15(8-6-14)19-13(4)20/h5-8,11-12,18H,9-10H2,1-4H3,(H,17,21)(H,19,20). The van der Waals surface area contributed by atoms with Crippen molar-refractivity contribution >= 4 is 23.2 Å². The van der Waals surface area contributed by atoms with E-state index in [0.717, 1.165) is 17.8 Å². The molecular formula is C16H25N3O2. The maximum absolute atomic E-state index is 11.9. The Balaban J connectivity index is 2.44. The monoisotopic (exact) mass is 291 g/mol. The van der Waals surface area contributed by atoms with Gasteiger partial charge in [0.15, 0.2) is 0 Å². The molecule has 3 N–H and O–H groups in total. The zero-order chi connectivity index (χ0) is 15.8. The highest BCUT2D eigenvalue weighted by Gasteiger charge is 2.12. The summed E-state index contributed by atoms with van der Waals surface area (Å²) in [7, 11) is 0. The number of benzene rings is 1. The van der Waals surface area contributed by atoms with Gasteiger partial charge >= 0.3 is 0 Å². The number of carbonyl (C=O) groups excluding carboxylic acids is 2. The van der Waals surface area contributed by atoms with Crippen molar-refractivity contribution in [2.75, 3.05) is 17.2 Å². The summed E-state index contributed by atoms with van der Waals surface area (Å²) in [5.41, 5.74) is 1.58. The van der Waals surface area contributed by atoms with E-state index in [2.05, 4.69) is 29.8 Å². The van der Waals surface area contributed by atoms with Crippen LogP contribution in [0.4, 0.5) is 11.4 Å². The molecule has 1 aromatic rings. The molecule has 21 heavy (non-hydrogen) atoms. The van der Waals surface area contributed by atoms with E-state index in [1.807, 2.05) is 19.1 Å². The number of carbonyl (C=O) groups is 2. The fourth-order valence-corrected chi connectivity index (χ4v) is 1.81. The lowest BCUT2D eigenvalue weighted by Crippen LogP contribution is -2.38. The van der Waals surface area contributed by atoms with Crippen LogP contribution in [0, 0.1) is 5.92 Å². The Kier molecular flexibility index (Phi) is 6.72. The molecule has 0 aliphatic heterocycles. The fourth-order valence-electron chi connectivity index (χ4n) is 1.81. The van der Waals surface area contributed by atoms with Crippen molar-refractivity contribution < 1.29 is 9.59 Å². The summed E-state index contributed by atoms with van der Waals surface area (Å²) in [6, 6.07) is 6.97. The number of hydrogen-bond donors (Lipinski definition) is 3. The van der Waals surface area contributed by atoms with Gasteiger partial charge in [-0.25, -0.2) is 0 Å². The highest BCUT2D eigenvalue weighted by molar-refractivity contribution is 5.89. The third-order valence-electron chi connectivity index (χ3n) is 3.00. The molecule has 1 rings (SSSR count). The lowest BCUT2D eigenvalue weighted by atomic mass is 10.1. The maximum Gasteiger partial charge on any atom is 0.242 e. The van der Waals surface area contributed by atoms with Crippen molar-refractivity contribution in [1.29, 1.82) is 0 Å². The second-order valence-electron chi connectivity index (χ2n) is 5.60. The minimum atomic E-state index is -0.302. The van der Waals surface area contributed by atoms with Gasteiger partial charge in [0, 0.05) is 24.8 Å². The molecule has 0 saturated heterocycles. The summed E-state index contributed by atoms with van der Waals surface area (Å²) >= 11 is 0. The molecule has 0 fully saturated rings. The summed E-state index contributed by atoms with van der Waals surface area (Å²) in [6.45, 7) is 8.25. The first-order valence-electron chi connectivity index (χ1n) is 7.30. The van der Waals surface area contributed by atoms with E-state index in [4.69, 9.17) is 0 Å². The molecule has 0 bridgehead atoms. The third-order valence-corrected chi connectivity index (χ3v) is 3.00. The average molecular weight is 291 g/mol. The average Bonchev–Trinajstić information content (AvgIpc) is 2.39. The summed E-state index contributed by atoms with van der Waals surface area (Å²) in [5.74, 6) is 0.463. The number of amides is 2. The van der Waals surface area contributed by atoms with E-state index in [9.17, 15) is 9.59 Å². The topological polar surface area (TPSA) is 70.2 Å². The molecule has 0 aliphatic rings. The van der Waals surface area contributed by atoms with Crippen LogP contribution in [0.1, 0.15) is 34.1 Å². The van der Waals surface area contributed by atoms with Gasteiger partial charge in [0.25, 0.3) is 0 Å². The Hall–Kier alpha value is -2.04. The zero-order valence-corrected chi connectivity index (χ0v) is 13.2. The van der Waals surface area contributed by atoms with E-state index in [-0.39, 0.29) is 17.9 Å². The Labute approximate surface area is 126 Å². The smallest absolute Gasteiger partial charge is 0.242 e. The van der Waals surface area contributed by atoms with Crippen LogP contribution in [0.15, 0.2) is 24.3 Å². The van der Waals surface area contributed by atoms with Gasteiger partial charge < -0.3 is 16.0 Å². The van der Waals surface area contributed by atoms with Gasteiger partial charge in [0.05, 0.1) is 0 Å². The van der Waals surface area contributed by atoms with Gasteiger partial charge in [0.2, 0.25) is 11.8 Å². The summed E-state index contributed by atoms with van der Waals surface area (Å²) in [6.07, 6.45) is 0.976. The Morgan fingerprint density at radius 3 is 2.14 bits per heavy atom. The number of hydrogen-bond acceptors (Lipinski definition) is 3. The van der Waals surface area contributed by atoms with Crippen molar-refractivity contribution in [2.24, 2.45) is 5.92 Å². The summed E-state index contributed by atoms with van der Waals surface area (Å²) in [4.78, 5) is 22.8. The van der Waals surface area contributed by atoms with Crippen LogP contribution in [0.25, 0.3) is 0 Å². The molecule has 5 heteroatoms. The van der Waals surface area contributed by atoms with Crippen LogP contribution >= 0.6 is 0 Å². The molecule has 116 valence electrons. The number of nitrogens with one attached hydrogen (secondary N) is 3. The lowest BCUT2D eigenvalue weighted by molar-refractivity contribution is -0.121. The minimum Gasteiger partial charge on any atom is -0.374 e. The van der Waals surface area contributed by atoms with Crippen molar-refractivity contribution in [2.45, 2.75) is 40.2 Å². The van der Waals surface area contributed by atoms with Gasteiger partial charge in [-0.2, -0.15) is 0 Å². The maximum atomic E-state index is 11.9. The summed E-state index contributed by atoms with van der Waals surface area (Å²) < 4.78 is 0. The molecule has 0 aromatic heterocycles. The Morgan fingerprint density at radius 1 is 1.05 bits per heavy atom. The molecule has 0 heterocycles. The number of anilines is 2. The van der Waals surface area contributed by atoms with Crippen molar-refractivity contribution in [1.82, 2.24) is 5.32 Å². The molecule has 1 unspecified atom stereocenters. The highest BCUT2D eigenvalue weighted by atomic mass is 16.2. The van der Waals surface area contributed by atoms with Gasteiger partial charge in [-0.05, 0) is 43.5 Å². The van der Waals surface area contributed by atoms with Crippen LogP contribution in [-0.4, -0.2) is 24.4 Å². The van der Waals surface area contributed by atoms with E-state index >= 15 is 0 Å². The first-order chi connectivity index (χ1) is 9.88. The van der Waals surface area contributed by atoms with Crippen molar-refractivity contribution in [3.8, 4) is 0 Å². The Morgan fingerprint density at radius 2 is 1.62 bits per heavy atom. The molecule has 0 saturated carbocycles. The second-order valence-corrected chi connectivity index (χ2v) is 5.60. The first kappa shape index (κ1) is 17.0. The van der Waals surface area contributed by atoms with Gasteiger partial charge in [0.1, 0.15) is 6.04 Å². The Bertz CT molecular complexity index is 469. The molecule has 1 atom stereocenters. The second kappa shape index (κ2) is 8.29. The van der Waals surface area contributed by atoms with E-state index in [1.165, 1.54) is 6.92 Å². The zero-order valence-electron chi connectivity index (χ0n) is 13.2. The van der Waals surface area contributed by atoms with Crippen LogP contribution in [0.5, 0.6) is 0 Å². The highest BCUT2D eigenvalue weighted by Crippen LogP contribution is 2.14. The van der Waals surface area contributed by atoms with Crippen molar-refractivity contribution in [3.05, 3.63) is 24.3 Å². The molecule has 2 amide bonds. The van der Waals surface area contributed by atoms with Gasteiger partial charge in [-0.1, -0.05) is 13.8 Å². The fraction of sp³-hybridized carbons (Fsp3) is 0.500. The van der Waals surface area contributed by atoms with Crippen LogP contribution < -0.4 is 16.0 Å². The summed E-state index contributed by atoms with van der Waals surface area (Å²) in [5, 5.41) is 8.75. The molecule has 0 aliphatic carbocycles. The van der Waals surface area contributed by atoms with Crippen LogP contribution in [-0.2, 0) is 9.59 Å². The van der Waals surface area contributed by atoms with E-state index < -0.39 is 0 Å². The van der Waals surface area contributed by atoms with Crippen molar-refractivity contribution in [3.63, 3.8) is 0 Å². The quantitative estimate of drug-likeness (QED) is 0.723.